The van der Waals surface area contributed by atoms with Crippen molar-refractivity contribution in [1.82, 2.24) is 9.55 Å². The van der Waals surface area contributed by atoms with Gasteiger partial charge in [-0.05, 0) is 37.6 Å². The minimum atomic E-state index is -4.53. The maximum absolute atomic E-state index is 13.3. The van der Waals surface area contributed by atoms with Crippen molar-refractivity contribution in [2.45, 2.75) is 33.0 Å². The average Bonchev–Trinajstić information content (AvgIpc) is 3.07. The van der Waals surface area contributed by atoms with Crippen molar-refractivity contribution in [1.29, 1.82) is 0 Å². The molecule has 1 fully saturated rings. The quantitative estimate of drug-likeness (QED) is 0.598. The number of nitrogens with one attached hydrogen (secondary N) is 1. The van der Waals surface area contributed by atoms with Crippen LogP contribution in [0.1, 0.15) is 22.4 Å². The highest BCUT2D eigenvalue weighted by Crippen LogP contribution is 2.36. The van der Waals surface area contributed by atoms with Crippen LogP contribution in [0, 0.1) is 13.8 Å². The number of carbonyl (C=O) groups excluding carboxylic acids is 1. The molecule has 0 aliphatic carbocycles. The fraction of sp³-hybridized carbons (Fsp3) is 0.409. The smallest absolute Gasteiger partial charge is 0.378 e. The third-order valence-electron chi connectivity index (χ3n) is 5.69. The Bertz CT molecular complexity index is 1250. The summed E-state index contributed by atoms with van der Waals surface area (Å²) in [5.74, 6) is -0.492. The molecule has 0 spiro atoms. The zero-order valence-electron chi connectivity index (χ0n) is 18.2. The van der Waals surface area contributed by atoms with Crippen LogP contribution in [-0.4, -0.2) is 41.8 Å². The van der Waals surface area contributed by atoms with Crippen LogP contribution < -0.4 is 15.8 Å². The number of ether oxygens (including phenoxy) is 1. The molecule has 11 heteroatoms. The maximum Gasteiger partial charge on any atom is 0.416 e. The average molecular weight is 481 g/mol. The summed E-state index contributed by atoms with van der Waals surface area (Å²) in [7, 11) is 0. The number of hydrogen-bond donors (Lipinski definition) is 1. The molecule has 3 heterocycles. The minimum absolute atomic E-state index is 0.0633. The summed E-state index contributed by atoms with van der Waals surface area (Å²) in [6, 6.07) is 3.32. The summed E-state index contributed by atoms with van der Waals surface area (Å²) in [5.41, 5.74) is 0.378. The number of carbonyl (C=O) groups is 1. The molecule has 4 rings (SSSR count). The molecule has 3 aromatic rings. The highest BCUT2D eigenvalue weighted by atomic mass is 32.1. The van der Waals surface area contributed by atoms with Crippen LogP contribution in [0.15, 0.2) is 29.3 Å². The number of morpholine rings is 1. The third-order valence-corrected chi connectivity index (χ3v) is 6.80. The molecule has 1 aliphatic heterocycles. The van der Waals surface area contributed by atoms with Gasteiger partial charge in [0.2, 0.25) is 5.91 Å². The Labute approximate surface area is 191 Å². The van der Waals surface area contributed by atoms with E-state index in [0.717, 1.165) is 22.6 Å². The highest BCUT2D eigenvalue weighted by Gasteiger charge is 2.32. The van der Waals surface area contributed by atoms with Crippen molar-refractivity contribution in [2.24, 2.45) is 0 Å². The number of thiophene rings is 1. The zero-order chi connectivity index (χ0) is 23.8. The van der Waals surface area contributed by atoms with E-state index in [0.29, 0.717) is 42.2 Å². The number of aromatic nitrogens is 2. The van der Waals surface area contributed by atoms with E-state index in [-0.39, 0.29) is 24.2 Å². The van der Waals surface area contributed by atoms with Crippen LogP contribution in [0.25, 0.3) is 10.2 Å². The summed E-state index contributed by atoms with van der Waals surface area (Å²) in [5, 5.41) is 3.14. The topological polar surface area (TPSA) is 76.5 Å². The van der Waals surface area contributed by atoms with E-state index >= 15 is 0 Å². The van der Waals surface area contributed by atoms with Gasteiger partial charge in [-0.3, -0.25) is 14.2 Å². The zero-order valence-corrected chi connectivity index (χ0v) is 19.0. The number of benzene rings is 1. The molecule has 1 amide bonds. The van der Waals surface area contributed by atoms with Crippen molar-refractivity contribution in [2.75, 3.05) is 36.5 Å². The molecule has 0 atom stereocenters. The van der Waals surface area contributed by atoms with Crippen LogP contribution >= 0.6 is 11.3 Å². The van der Waals surface area contributed by atoms with E-state index in [2.05, 4.69) is 10.3 Å². The second kappa shape index (κ2) is 9.14. The molecule has 1 N–H and O–H groups in total. The molecule has 0 unspecified atom stereocenters. The lowest BCUT2D eigenvalue weighted by molar-refractivity contribution is -0.137. The second-order valence-corrected chi connectivity index (χ2v) is 9.04. The van der Waals surface area contributed by atoms with E-state index in [1.54, 1.807) is 0 Å². The number of anilines is 2. The standard InChI is InChI=1S/C22H23F3N4O3S/c1-13-14(2)33-20-19(13)21(31)29(12-26-20)6-5-18(30)27-16-11-15(22(23,24)25)3-4-17(16)28-7-9-32-10-8-28/h3-4,11-12H,5-10H2,1-2H3,(H,27,30). The minimum Gasteiger partial charge on any atom is -0.378 e. The van der Waals surface area contributed by atoms with E-state index in [1.807, 2.05) is 18.7 Å². The Morgan fingerprint density at radius 1 is 1.24 bits per heavy atom. The maximum atomic E-state index is 13.3. The SMILES string of the molecule is Cc1sc2ncn(CCC(=O)Nc3cc(C(F)(F)F)ccc3N3CCOCC3)c(=O)c2c1C. The van der Waals surface area contributed by atoms with Gasteiger partial charge in [-0.2, -0.15) is 13.2 Å². The van der Waals surface area contributed by atoms with Gasteiger partial charge in [-0.25, -0.2) is 4.98 Å². The Morgan fingerprint density at radius 2 is 1.97 bits per heavy atom. The summed E-state index contributed by atoms with van der Waals surface area (Å²) in [6.07, 6.45) is -3.22. The number of halogens is 3. The van der Waals surface area contributed by atoms with Gasteiger partial charge < -0.3 is 15.0 Å². The number of aryl methyl sites for hydroxylation is 3. The Hall–Kier alpha value is -2.92. The van der Waals surface area contributed by atoms with E-state index < -0.39 is 17.6 Å². The van der Waals surface area contributed by atoms with Crippen molar-refractivity contribution in [3.63, 3.8) is 0 Å². The summed E-state index contributed by atoms with van der Waals surface area (Å²) in [4.78, 5) is 33.3. The van der Waals surface area contributed by atoms with Gasteiger partial charge >= 0.3 is 6.18 Å². The largest absolute Gasteiger partial charge is 0.416 e. The van der Waals surface area contributed by atoms with Crippen molar-refractivity contribution >= 4 is 38.8 Å². The fourth-order valence-corrected chi connectivity index (χ4v) is 4.74. The molecule has 0 bridgehead atoms. The van der Waals surface area contributed by atoms with E-state index in [1.165, 1.54) is 28.3 Å². The lowest BCUT2D eigenvalue weighted by Gasteiger charge is -2.31. The molecular formula is C22H23F3N4O3S. The first kappa shape index (κ1) is 23.2. The molecule has 7 nitrogen and oxygen atoms in total. The first-order valence-electron chi connectivity index (χ1n) is 10.4. The van der Waals surface area contributed by atoms with Crippen molar-refractivity contribution < 1.29 is 22.7 Å². The Morgan fingerprint density at radius 3 is 2.67 bits per heavy atom. The van der Waals surface area contributed by atoms with Crippen LogP contribution in [0.4, 0.5) is 24.5 Å². The van der Waals surface area contributed by atoms with Gasteiger partial charge in [0.25, 0.3) is 5.56 Å². The monoisotopic (exact) mass is 480 g/mol. The van der Waals surface area contributed by atoms with Crippen LogP contribution in [0.2, 0.25) is 0 Å². The van der Waals surface area contributed by atoms with Crippen molar-refractivity contribution in [3.05, 3.63) is 50.9 Å². The number of hydrogen-bond acceptors (Lipinski definition) is 6. The van der Waals surface area contributed by atoms with Gasteiger partial charge in [-0.1, -0.05) is 0 Å². The van der Waals surface area contributed by atoms with E-state index in [9.17, 15) is 22.8 Å². The normalized spacial score (nSPS) is 14.6. The first-order valence-corrected chi connectivity index (χ1v) is 11.3. The number of nitrogens with zero attached hydrogens (tertiary/aromatic N) is 3. The predicted octanol–water partition coefficient (Wildman–Crippen LogP) is 3.96. The number of amides is 1. The lowest BCUT2D eigenvalue weighted by Crippen LogP contribution is -2.37. The predicted molar refractivity (Wildman–Crippen MR) is 121 cm³/mol. The van der Waals surface area contributed by atoms with Gasteiger partial charge in [0, 0.05) is 30.9 Å². The highest BCUT2D eigenvalue weighted by molar-refractivity contribution is 7.18. The van der Waals surface area contributed by atoms with Gasteiger partial charge in [-0.15, -0.1) is 11.3 Å². The Balaban J connectivity index is 1.54. The molecular weight excluding hydrogens is 457 g/mol. The fourth-order valence-electron chi connectivity index (χ4n) is 3.76. The van der Waals surface area contributed by atoms with Crippen LogP contribution in [0.3, 0.4) is 0 Å². The molecule has 1 aliphatic rings. The molecule has 33 heavy (non-hydrogen) atoms. The molecule has 2 aromatic heterocycles. The number of rotatable bonds is 5. The molecule has 1 saturated heterocycles. The third kappa shape index (κ3) is 4.88. The molecule has 176 valence electrons. The number of fused-ring (bicyclic) bond motifs is 1. The van der Waals surface area contributed by atoms with Crippen LogP contribution in [0.5, 0.6) is 0 Å². The van der Waals surface area contributed by atoms with Crippen LogP contribution in [-0.2, 0) is 22.3 Å². The van der Waals surface area contributed by atoms with Gasteiger partial charge in [0.15, 0.2) is 0 Å². The molecule has 0 radical (unpaired) electrons. The van der Waals surface area contributed by atoms with E-state index in [4.69, 9.17) is 4.74 Å². The summed E-state index contributed by atoms with van der Waals surface area (Å²) in [6.45, 7) is 5.76. The first-order chi connectivity index (χ1) is 15.6. The van der Waals surface area contributed by atoms with Crippen molar-refractivity contribution in [3.8, 4) is 0 Å². The molecule has 0 saturated carbocycles. The second-order valence-electron chi connectivity index (χ2n) is 7.83. The lowest BCUT2D eigenvalue weighted by atomic mass is 10.1. The summed E-state index contributed by atoms with van der Waals surface area (Å²) < 4.78 is 46.5. The van der Waals surface area contributed by atoms with Gasteiger partial charge in [0.05, 0.1) is 41.9 Å². The van der Waals surface area contributed by atoms with Gasteiger partial charge in [0.1, 0.15) is 4.83 Å². The Kier molecular flexibility index (Phi) is 6.44. The number of alkyl halides is 3. The summed E-state index contributed by atoms with van der Waals surface area (Å²) >= 11 is 1.44. The molecule has 1 aromatic carbocycles.